The molecule has 4 rings (SSSR count). The maximum atomic E-state index is 11.3. The fraction of sp³-hybridized carbons (Fsp3) is 0.278. The molecule has 0 aliphatic carbocycles. The Hall–Kier alpha value is -2.73. The topological polar surface area (TPSA) is 66.0 Å². The van der Waals surface area contributed by atoms with Gasteiger partial charge in [-0.25, -0.2) is 0 Å². The molecule has 0 radical (unpaired) electrons. The maximum absolute atomic E-state index is 11.3. The third kappa shape index (κ3) is 3.00. The minimum absolute atomic E-state index is 0.0402. The minimum atomic E-state index is -0.341. The fourth-order valence-electron chi connectivity index (χ4n) is 2.80. The summed E-state index contributed by atoms with van der Waals surface area (Å²) in [4.78, 5) is 11.3. The van der Waals surface area contributed by atoms with Crippen LogP contribution in [0.1, 0.15) is 11.7 Å². The summed E-state index contributed by atoms with van der Waals surface area (Å²) in [6, 6.07) is 15.3. The number of benzene rings is 2. The third-order valence-corrected chi connectivity index (χ3v) is 4.00. The van der Waals surface area contributed by atoms with Crippen molar-refractivity contribution in [2.24, 2.45) is 0 Å². The largest absolute Gasteiger partial charge is 0.483 e. The van der Waals surface area contributed by atoms with Gasteiger partial charge in [0.1, 0.15) is 18.5 Å². The molecule has 0 aromatic heterocycles. The minimum Gasteiger partial charge on any atom is -0.483 e. The van der Waals surface area contributed by atoms with Crippen LogP contribution in [-0.4, -0.2) is 32.0 Å². The predicted molar refractivity (Wildman–Crippen MR) is 85.1 cm³/mol. The molecule has 2 aliphatic heterocycles. The normalized spacial score (nSPS) is 20.3. The summed E-state index contributed by atoms with van der Waals surface area (Å²) in [5.74, 6) is 1.92. The molecular weight excluding hydrogens is 310 g/mol. The molecule has 1 saturated heterocycles. The number of carbonyl (C=O) groups is 1. The predicted octanol–water partition coefficient (Wildman–Crippen LogP) is 2.05. The maximum Gasteiger partial charge on any atom is 0.246 e. The van der Waals surface area contributed by atoms with Crippen molar-refractivity contribution in [3.8, 4) is 17.2 Å². The Bertz CT molecular complexity index is 723. The fourth-order valence-corrected chi connectivity index (χ4v) is 2.80. The van der Waals surface area contributed by atoms with Gasteiger partial charge in [0, 0.05) is 12.6 Å². The smallest absolute Gasteiger partial charge is 0.246 e. The van der Waals surface area contributed by atoms with Crippen molar-refractivity contribution in [3.05, 3.63) is 54.1 Å². The first kappa shape index (κ1) is 14.8. The summed E-state index contributed by atoms with van der Waals surface area (Å²) in [5.41, 5.74) is 0.983. The molecular formula is C18H17NO5. The van der Waals surface area contributed by atoms with Crippen LogP contribution in [0.3, 0.4) is 0 Å². The average molecular weight is 327 g/mol. The van der Waals surface area contributed by atoms with Gasteiger partial charge in [0.05, 0.1) is 0 Å². The van der Waals surface area contributed by atoms with Gasteiger partial charge in [-0.2, -0.15) is 0 Å². The molecule has 0 unspecified atom stereocenters. The van der Waals surface area contributed by atoms with Crippen molar-refractivity contribution >= 4 is 5.91 Å². The van der Waals surface area contributed by atoms with Gasteiger partial charge in [-0.05, 0) is 17.7 Å². The van der Waals surface area contributed by atoms with Crippen LogP contribution in [0, 0.1) is 0 Å². The van der Waals surface area contributed by atoms with Gasteiger partial charge >= 0.3 is 0 Å². The Labute approximate surface area is 139 Å². The number of morpholine rings is 1. The van der Waals surface area contributed by atoms with Crippen molar-refractivity contribution in [1.82, 2.24) is 5.32 Å². The summed E-state index contributed by atoms with van der Waals surface area (Å²) >= 11 is 0. The van der Waals surface area contributed by atoms with Crippen molar-refractivity contribution < 1.29 is 23.7 Å². The standard InChI is InChI=1S/C18H17NO5/c20-17-10-21-16(9-19-17)18(12-4-2-1-3-5-12)24-13-6-7-14-15(8-13)23-11-22-14/h1-8,16,18H,9-11H2,(H,19,20)/t16-,18+/m1/s1. The van der Waals surface area contributed by atoms with E-state index in [9.17, 15) is 4.79 Å². The zero-order valence-electron chi connectivity index (χ0n) is 12.9. The summed E-state index contributed by atoms with van der Waals surface area (Å²) in [7, 11) is 0. The number of carbonyl (C=O) groups excluding carboxylic acids is 1. The highest BCUT2D eigenvalue weighted by atomic mass is 16.7. The van der Waals surface area contributed by atoms with Gasteiger partial charge in [-0.15, -0.1) is 0 Å². The first-order chi connectivity index (χ1) is 11.8. The van der Waals surface area contributed by atoms with Gasteiger partial charge < -0.3 is 24.3 Å². The molecule has 2 aliphatic rings. The first-order valence-corrected chi connectivity index (χ1v) is 7.79. The number of rotatable bonds is 4. The van der Waals surface area contributed by atoms with E-state index >= 15 is 0 Å². The van der Waals surface area contributed by atoms with Gasteiger partial charge in [-0.3, -0.25) is 4.79 Å². The molecule has 124 valence electrons. The lowest BCUT2D eigenvalue weighted by Gasteiger charge is -2.31. The summed E-state index contributed by atoms with van der Waals surface area (Å²) in [5, 5.41) is 2.82. The van der Waals surface area contributed by atoms with Crippen LogP contribution in [0.15, 0.2) is 48.5 Å². The second kappa shape index (κ2) is 6.41. The monoisotopic (exact) mass is 327 g/mol. The Morgan fingerprint density at radius 3 is 2.71 bits per heavy atom. The summed E-state index contributed by atoms with van der Waals surface area (Å²) in [6.45, 7) is 0.667. The van der Waals surface area contributed by atoms with Gasteiger partial charge in [0.25, 0.3) is 0 Å². The molecule has 1 fully saturated rings. The number of hydrogen-bond donors (Lipinski definition) is 1. The van der Waals surface area contributed by atoms with Crippen molar-refractivity contribution in [3.63, 3.8) is 0 Å². The summed E-state index contributed by atoms with van der Waals surface area (Å²) < 4.78 is 22.6. The van der Waals surface area contributed by atoms with Gasteiger partial charge in [0.15, 0.2) is 17.6 Å². The SMILES string of the molecule is O=C1CO[C@@H]([C@@H](Oc2ccc3c(c2)OCO3)c2ccccc2)CN1. The molecule has 0 saturated carbocycles. The van der Waals surface area contributed by atoms with E-state index < -0.39 is 0 Å². The molecule has 1 amide bonds. The number of fused-ring (bicyclic) bond motifs is 1. The zero-order valence-corrected chi connectivity index (χ0v) is 12.9. The van der Waals surface area contributed by atoms with Crippen LogP contribution in [0.5, 0.6) is 17.2 Å². The molecule has 2 heterocycles. The van der Waals surface area contributed by atoms with E-state index in [-0.39, 0.29) is 31.5 Å². The molecule has 24 heavy (non-hydrogen) atoms. The van der Waals surface area contributed by atoms with Crippen molar-refractivity contribution in [2.75, 3.05) is 19.9 Å². The molecule has 6 nitrogen and oxygen atoms in total. The number of amides is 1. The van der Waals surface area contributed by atoms with Crippen LogP contribution in [-0.2, 0) is 9.53 Å². The second-order valence-electron chi connectivity index (χ2n) is 5.62. The molecule has 2 aromatic rings. The molecule has 0 bridgehead atoms. The molecule has 1 N–H and O–H groups in total. The second-order valence-corrected chi connectivity index (χ2v) is 5.62. The Morgan fingerprint density at radius 2 is 1.92 bits per heavy atom. The first-order valence-electron chi connectivity index (χ1n) is 7.79. The van der Waals surface area contributed by atoms with Crippen molar-refractivity contribution in [1.29, 1.82) is 0 Å². The Morgan fingerprint density at radius 1 is 1.08 bits per heavy atom. The quantitative estimate of drug-likeness (QED) is 0.931. The number of nitrogens with one attached hydrogen (secondary N) is 1. The van der Waals surface area contributed by atoms with E-state index in [0.717, 1.165) is 5.56 Å². The highest BCUT2D eigenvalue weighted by Gasteiger charge is 2.30. The molecule has 2 aromatic carbocycles. The van der Waals surface area contributed by atoms with Crippen LogP contribution in [0.25, 0.3) is 0 Å². The number of hydrogen-bond acceptors (Lipinski definition) is 5. The average Bonchev–Trinajstić information content (AvgIpc) is 3.09. The summed E-state index contributed by atoms with van der Waals surface area (Å²) in [6.07, 6.45) is -0.609. The lowest BCUT2D eigenvalue weighted by Crippen LogP contribution is -2.46. The molecule has 6 heteroatoms. The van der Waals surface area contributed by atoms with E-state index in [1.54, 1.807) is 6.07 Å². The molecule has 2 atom stereocenters. The lowest BCUT2D eigenvalue weighted by molar-refractivity contribution is -0.137. The third-order valence-electron chi connectivity index (χ3n) is 4.00. The Balaban J connectivity index is 1.59. The van der Waals surface area contributed by atoms with Crippen LogP contribution >= 0.6 is 0 Å². The van der Waals surface area contributed by atoms with Gasteiger partial charge in [0.2, 0.25) is 12.7 Å². The van der Waals surface area contributed by atoms with E-state index in [0.29, 0.717) is 23.8 Å². The Kier molecular flexibility index (Phi) is 3.96. The van der Waals surface area contributed by atoms with Crippen molar-refractivity contribution in [2.45, 2.75) is 12.2 Å². The van der Waals surface area contributed by atoms with Gasteiger partial charge in [-0.1, -0.05) is 30.3 Å². The molecule has 0 spiro atoms. The lowest BCUT2D eigenvalue weighted by atomic mass is 10.0. The highest BCUT2D eigenvalue weighted by molar-refractivity contribution is 5.77. The van der Waals surface area contributed by atoms with E-state index in [2.05, 4.69) is 5.32 Å². The zero-order chi connectivity index (χ0) is 16.4. The van der Waals surface area contributed by atoms with Crippen LogP contribution < -0.4 is 19.5 Å². The van der Waals surface area contributed by atoms with Crippen LogP contribution in [0.4, 0.5) is 0 Å². The van der Waals surface area contributed by atoms with E-state index in [4.69, 9.17) is 18.9 Å². The highest BCUT2D eigenvalue weighted by Crippen LogP contribution is 2.37. The van der Waals surface area contributed by atoms with E-state index in [1.165, 1.54) is 0 Å². The van der Waals surface area contributed by atoms with Crippen LogP contribution in [0.2, 0.25) is 0 Å². The van der Waals surface area contributed by atoms with E-state index in [1.807, 2.05) is 42.5 Å². The number of ether oxygens (including phenoxy) is 4.